The molecule has 1 unspecified atom stereocenters. The van der Waals surface area contributed by atoms with Gasteiger partial charge in [0.1, 0.15) is 5.60 Å². The lowest BCUT2D eigenvalue weighted by Crippen LogP contribution is -2.38. The van der Waals surface area contributed by atoms with Crippen LogP contribution in [0.4, 0.5) is 4.79 Å². The average molecular weight is 244 g/mol. The SMILES string of the molecule is CC(C)(C)OC(=O)NCCNCC1CCCO1. The molecule has 0 spiro atoms. The van der Waals surface area contributed by atoms with Crippen molar-refractivity contribution in [2.75, 3.05) is 26.2 Å². The van der Waals surface area contributed by atoms with E-state index in [9.17, 15) is 4.79 Å². The zero-order valence-electron chi connectivity index (χ0n) is 11.0. The van der Waals surface area contributed by atoms with Crippen molar-refractivity contribution in [1.29, 1.82) is 0 Å². The van der Waals surface area contributed by atoms with E-state index in [-0.39, 0.29) is 6.09 Å². The number of amides is 1. The Hall–Kier alpha value is -0.810. The van der Waals surface area contributed by atoms with Crippen LogP contribution in [0.25, 0.3) is 0 Å². The Kier molecular flexibility index (Phi) is 5.71. The van der Waals surface area contributed by atoms with Gasteiger partial charge in [-0.3, -0.25) is 0 Å². The molecule has 0 radical (unpaired) electrons. The first kappa shape index (κ1) is 14.3. The van der Waals surface area contributed by atoms with E-state index < -0.39 is 5.60 Å². The molecule has 5 nitrogen and oxygen atoms in total. The molecule has 1 amide bonds. The Labute approximate surface area is 103 Å². The summed E-state index contributed by atoms with van der Waals surface area (Å²) in [7, 11) is 0. The number of alkyl carbamates (subject to hydrolysis) is 1. The Morgan fingerprint density at radius 3 is 2.76 bits per heavy atom. The van der Waals surface area contributed by atoms with Gasteiger partial charge < -0.3 is 20.1 Å². The van der Waals surface area contributed by atoms with E-state index >= 15 is 0 Å². The molecule has 0 aromatic heterocycles. The van der Waals surface area contributed by atoms with Crippen LogP contribution in [-0.4, -0.2) is 44.0 Å². The van der Waals surface area contributed by atoms with Crippen LogP contribution in [0.2, 0.25) is 0 Å². The predicted molar refractivity (Wildman–Crippen MR) is 66.1 cm³/mol. The predicted octanol–water partition coefficient (Wildman–Crippen LogP) is 1.28. The number of nitrogens with one attached hydrogen (secondary N) is 2. The lowest BCUT2D eigenvalue weighted by Gasteiger charge is -2.19. The summed E-state index contributed by atoms with van der Waals surface area (Å²) in [5, 5.41) is 5.95. The second kappa shape index (κ2) is 6.81. The lowest BCUT2D eigenvalue weighted by atomic mass is 10.2. The molecule has 1 fully saturated rings. The van der Waals surface area contributed by atoms with Gasteiger partial charge in [0, 0.05) is 26.2 Å². The average Bonchev–Trinajstić information content (AvgIpc) is 2.67. The molecule has 1 aliphatic heterocycles. The van der Waals surface area contributed by atoms with Gasteiger partial charge in [0.15, 0.2) is 0 Å². The van der Waals surface area contributed by atoms with Gasteiger partial charge in [-0.1, -0.05) is 0 Å². The van der Waals surface area contributed by atoms with Gasteiger partial charge in [-0.25, -0.2) is 4.79 Å². The summed E-state index contributed by atoms with van der Waals surface area (Å²) in [6.07, 6.45) is 2.27. The molecule has 1 heterocycles. The fourth-order valence-corrected chi connectivity index (χ4v) is 1.64. The highest BCUT2D eigenvalue weighted by Crippen LogP contribution is 2.10. The third-order valence-electron chi connectivity index (χ3n) is 2.37. The third-order valence-corrected chi connectivity index (χ3v) is 2.37. The number of hydrogen-bond acceptors (Lipinski definition) is 4. The van der Waals surface area contributed by atoms with Gasteiger partial charge in [0.25, 0.3) is 0 Å². The van der Waals surface area contributed by atoms with Gasteiger partial charge in [-0.2, -0.15) is 0 Å². The Morgan fingerprint density at radius 1 is 1.41 bits per heavy atom. The summed E-state index contributed by atoms with van der Waals surface area (Å²) in [5.74, 6) is 0. The van der Waals surface area contributed by atoms with Crippen molar-refractivity contribution in [2.24, 2.45) is 0 Å². The maximum Gasteiger partial charge on any atom is 0.407 e. The molecule has 0 aliphatic carbocycles. The number of hydrogen-bond donors (Lipinski definition) is 2. The minimum absolute atomic E-state index is 0.344. The van der Waals surface area contributed by atoms with Crippen molar-refractivity contribution >= 4 is 6.09 Å². The summed E-state index contributed by atoms with van der Waals surface area (Å²) >= 11 is 0. The third kappa shape index (κ3) is 7.18. The summed E-state index contributed by atoms with van der Waals surface area (Å²) in [4.78, 5) is 11.3. The normalized spacial score (nSPS) is 20.3. The largest absolute Gasteiger partial charge is 0.444 e. The highest BCUT2D eigenvalue weighted by Gasteiger charge is 2.16. The van der Waals surface area contributed by atoms with Crippen molar-refractivity contribution in [2.45, 2.75) is 45.3 Å². The number of ether oxygens (including phenoxy) is 2. The van der Waals surface area contributed by atoms with Crippen molar-refractivity contribution in [3.05, 3.63) is 0 Å². The van der Waals surface area contributed by atoms with E-state index in [0.29, 0.717) is 12.6 Å². The summed E-state index contributed by atoms with van der Waals surface area (Å²) in [6.45, 7) is 8.59. The first-order valence-corrected chi connectivity index (χ1v) is 6.26. The lowest BCUT2D eigenvalue weighted by molar-refractivity contribution is 0.0527. The quantitative estimate of drug-likeness (QED) is 0.715. The fraction of sp³-hybridized carbons (Fsp3) is 0.917. The van der Waals surface area contributed by atoms with Crippen LogP contribution in [-0.2, 0) is 9.47 Å². The summed E-state index contributed by atoms with van der Waals surface area (Å²) < 4.78 is 10.6. The molecular weight excluding hydrogens is 220 g/mol. The molecule has 0 aromatic carbocycles. The highest BCUT2D eigenvalue weighted by molar-refractivity contribution is 5.67. The van der Waals surface area contributed by atoms with E-state index in [1.54, 1.807) is 0 Å². The topological polar surface area (TPSA) is 59.6 Å². The van der Waals surface area contributed by atoms with Crippen LogP contribution in [0.5, 0.6) is 0 Å². The van der Waals surface area contributed by atoms with Crippen LogP contribution >= 0.6 is 0 Å². The molecule has 1 atom stereocenters. The zero-order chi connectivity index (χ0) is 12.7. The van der Waals surface area contributed by atoms with Crippen molar-refractivity contribution < 1.29 is 14.3 Å². The molecule has 100 valence electrons. The first-order chi connectivity index (χ1) is 7.97. The van der Waals surface area contributed by atoms with Gasteiger partial charge >= 0.3 is 6.09 Å². The monoisotopic (exact) mass is 244 g/mol. The van der Waals surface area contributed by atoms with Crippen molar-refractivity contribution in [3.63, 3.8) is 0 Å². The molecule has 1 rings (SSSR count). The molecular formula is C12H24N2O3. The molecule has 0 bridgehead atoms. The van der Waals surface area contributed by atoms with E-state index in [0.717, 1.165) is 32.5 Å². The smallest absolute Gasteiger partial charge is 0.407 e. The Balaban J connectivity index is 1.94. The van der Waals surface area contributed by atoms with Crippen LogP contribution in [0.3, 0.4) is 0 Å². The maximum absolute atomic E-state index is 11.3. The summed E-state index contributed by atoms with van der Waals surface area (Å²) in [5.41, 5.74) is -0.435. The Morgan fingerprint density at radius 2 is 2.18 bits per heavy atom. The molecule has 1 aliphatic rings. The van der Waals surface area contributed by atoms with E-state index in [2.05, 4.69) is 10.6 Å². The standard InChI is InChI=1S/C12H24N2O3/c1-12(2,3)17-11(15)14-7-6-13-9-10-5-4-8-16-10/h10,13H,4-9H2,1-3H3,(H,14,15). The molecule has 17 heavy (non-hydrogen) atoms. The van der Waals surface area contributed by atoms with Gasteiger partial charge in [0.05, 0.1) is 6.10 Å². The highest BCUT2D eigenvalue weighted by atomic mass is 16.6. The van der Waals surface area contributed by atoms with E-state index in [1.165, 1.54) is 0 Å². The van der Waals surface area contributed by atoms with Gasteiger partial charge in [-0.05, 0) is 33.6 Å². The Bertz CT molecular complexity index is 232. The van der Waals surface area contributed by atoms with Gasteiger partial charge in [0.2, 0.25) is 0 Å². The molecule has 0 aromatic rings. The maximum atomic E-state index is 11.3. The van der Waals surface area contributed by atoms with Crippen LogP contribution in [0.1, 0.15) is 33.6 Å². The molecule has 0 saturated carbocycles. The number of carbonyl (C=O) groups excluding carboxylic acids is 1. The number of carbonyl (C=O) groups is 1. The van der Waals surface area contributed by atoms with E-state index in [4.69, 9.17) is 9.47 Å². The summed E-state index contributed by atoms with van der Waals surface area (Å²) in [6, 6.07) is 0. The van der Waals surface area contributed by atoms with Crippen LogP contribution in [0.15, 0.2) is 0 Å². The van der Waals surface area contributed by atoms with E-state index in [1.807, 2.05) is 20.8 Å². The second-order valence-electron chi connectivity index (χ2n) is 5.27. The molecule has 2 N–H and O–H groups in total. The number of rotatable bonds is 5. The van der Waals surface area contributed by atoms with Gasteiger partial charge in [-0.15, -0.1) is 0 Å². The minimum Gasteiger partial charge on any atom is -0.444 e. The fourth-order valence-electron chi connectivity index (χ4n) is 1.64. The molecule has 5 heteroatoms. The molecule has 1 saturated heterocycles. The van der Waals surface area contributed by atoms with Crippen LogP contribution in [0, 0.1) is 0 Å². The zero-order valence-corrected chi connectivity index (χ0v) is 11.0. The minimum atomic E-state index is -0.435. The van der Waals surface area contributed by atoms with Crippen molar-refractivity contribution in [3.8, 4) is 0 Å². The first-order valence-electron chi connectivity index (χ1n) is 6.26. The second-order valence-corrected chi connectivity index (χ2v) is 5.27. The van der Waals surface area contributed by atoms with Crippen molar-refractivity contribution in [1.82, 2.24) is 10.6 Å². The van der Waals surface area contributed by atoms with Crippen LogP contribution < -0.4 is 10.6 Å².